The number of phenols is 1. The first-order valence-corrected chi connectivity index (χ1v) is 14.3. The number of phosphoric acid groups is 1. The van der Waals surface area contributed by atoms with E-state index < -0.39 is 7.82 Å². The van der Waals surface area contributed by atoms with Crippen molar-refractivity contribution in [2.24, 2.45) is 11.8 Å². The molecule has 0 aromatic heterocycles. The van der Waals surface area contributed by atoms with Gasteiger partial charge in [0.2, 0.25) is 0 Å². The highest BCUT2D eigenvalue weighted by Crippen LogP contribution is 2.42. The number of nitrogens with two attached hydrogens (primary N) is 1. The maximum Gasteiger partial charge on any atom is 0.488 e. The molecular formula is C26H31ClNO6PS. The highest BCUT2D eigenvalue weighted by atomic mass is 35.5. The third-order valence-electron chi connectivity index (χ3n) is 5.56. The average Bonchev–Trinajstić information content (AvgIpc) is 2.87. The zero-order valence-electron chi connectivity index (χ0n) is 20.0. The van der Waals surface area contributed by atoms with Crippen molar-refractivity contribution in [3.63, 3.8) is 0 Å². The SMILES string of the molecule is CCCC(CCc1ccc(Sc2cc(OCc3ccccc3)ccc2O)cc1Cl)COP(=O)(O)ON. The minimum Gasteiger partial charge on any atom is -0.507 e. The van der Waals surface area contributed by atoms with Gasteiger partial charge in [-0.25, -0.2) is 15.1 Å². The molecule has 4 N–H and O–H groups in total. The fraction of sp³-hybridized carbons (Fsp3) is 0.308. The van der Waals surface area contributed by atoms with Gasteiger partial charge in [0.1, 0.15) is 18.1 Å². The molecule has 2 atom stereocenters. The first kappa shape index (κ1) is 28.5. The third-order valence-corrected chi connectivity index (χ3v) is 7.69. The summed E-state index contributed by atoms with van der Waals surface area (Å²) in [6.45, 7) is 2.56. The first-order valence-electron chi connectivity index (χ1n) is 11.6. The second kappa shape index (κ2) is 14.1. The molecule has 3 aromatic carbocycles. The van der Waals surface area contributed by atoms with Gasteiger partial charge in [0.15, 0.2) is 0 Å². The molecule has 3 rings (SSSR count). The molecule has 10 heteroatoms. The monoisotopic (exact) mass is 551 g/mol. The van der Waals surface area contributed by atoms with Gasteiger partial charge in [0.05, 0.1) is 11.5 Å². The van der Waals surface area contributed by atoms with Crippen molar-refractivity contribution < 1.29 is 28.5 Å². The summed E-state index contributed by atoms with van der Waals surface area (Å²) >= 11 is 7.96. The lowest BCUT2D eigenvalue weighted by Gasteiger charge is -2.18. The van der Waals surface area contributed by atoms with Crippen LogP contribution >= 0.6 is 31.2 Å². The Bertz CT molecular complexity index is 1170. The van der Waals surface area contributed by atoms with Crippen LogP contribution < -0.4 is 10.6 Å². The van der Waals surface area contributed by atoms with Crippen LogP contribution in [0.25, 0.3) is 0 Å². The van der Waals surface area contributed by atoms with E-state index in [1.54, 1.807) is 12.1 Å². The molecule has 0 bridgehead atoms. The predicted molar refractivity (Wildman–Crippen MR) is 142 cm³/mol. The number of ether oxygens (including phenoxy) is 1. The van der Waals surface area contributed by atoms with Gasteiger partial charge in [0, 0.05) is 9.92 Å². The van der Waals surface area contributed by atoms with Crippen LogP contribution in [0.2, 0.25) is 5.02 Å². The van der Waals surface area contributed by atoms with Crippen LogP contribution in [-0.4, -0.2) is 16.6 Å². The summed E-state index contributed by atoms with van der Waals surface area (Å²) in [6.07, 6.45) is 3.16. The van der Waals surface area contributed by atoms with Gasteiger partial charge in [-0.2, -0.15) is 0 Å². The second-order valence-corrected chi connectivity index (χ2v) is 11.3. The number of aromatic hydroxyl groups is 1. The van der Waals surface area contributed by atoms with E-state index in [0.29, 0.717) is 28.7 Å². The second-order valence-electron chi connectivity index (χ2n) is 8.32. The number of rotatable bonds is 14. The summed E-state index contributed by atoms with van der Waals surface area (Å²) < 4.78 is 26.3. The van der Waals surface area contributed by atoms with Crippen LogP contribution in [0.15, 0.2) is 76.5 Å². The quantitative estimate of drug-likeness (QED) is 0.143. The molecule has 0 fully saturated rings. The zero-order chi connectivity index (χ0) is 26.0. The summed E-state index contributed by atoms with van der Waals surface area (Å²) in [5, 5.41) is 11.0. The Morgan fingerprint density at radius 2 is 1.86 bits per heavy atom. The van der Waals surface area contributed by atoms with E-state index in [4.69, 9.17) is 26.8 Å². The van der Waals surface area contributed by atoms with Crippen LogP contribution in [0.1, 0.15) is 37.3 Å². The molecule has 0 heterocycles. The van der Waals surface area contributed by atoms with Crippen molar-refractivity contribution in [3.05, 3.63) is 82.9 Å². The lowest BCUT2D eigenvalue weighted by atomic mass is 9.96. The predicted octanol–water partition coefficient (Wildman–Crippen LogP) is 7.13. The number of hydrogen-bond donors (Lipinski definition) is 3. The van der Waals surface area contributed by atoms with E-state index in [2.05, 4.69) is 4.62 Å². The molecule has 7 nitrogen and oxygen atoms in total. The molecule has 36 heavy (non-hydrogen) atoms. The molecule has 0 saturated heterocycles. The van der Waals surface area contributed by atoms with E-state index in [1.165, 1.54) is 11.8 Å². The van der Waals surface area contributed by atoms with Crippen molar-refractivity contribution in [2.75, 3.05) is 6.61 Å². The molecule has 194 valence electrons. The average molecular weight is 552 g/mol. The number of aryl methyl sites for hydroxylation is 1. The molecule has 3 aromatic rings. The Morgan fingerprint density at radius 3 is 2.56 bits per heavy atom. The van der Waals surface area contributed by atoms with Crippen molar-refractivity contribution >= 4 is 31.2 Å². The van der Waals surface area contributed by atoms with Crippen LogP contribution in [0.4, 0.5) is 0 Å². The maximum absolute atomic E-state index is 11.5. The molecule has 0 aliphatic heterocycles. The Kier molecular flexibility index (Phi) is 11.1. The van der Waals surface area contributed by atoms with E-state index in [1.807, 2.05) is 61.5 Å². The largest absolute Gasteiger partial charge is 0.507 e. The molecule has 0 aliphatic carbocycles. The van der Waals surface area contributed by atoms with Crippen LogP contribution in [0, 0.1) is 5.92 Å². The standard InChI is InChI=1S/C26H31ClNO6PS/c1-2-6-19(18-33-35(30,31)34-28)9-10-21-11-13-23(16-24(21)27)36-26-15-22(12-14-25(26)29)32-17-20-7-4-3-5-8-20/h3-5,7-8,11-16,19,29H,2,6,9-10,17-18,28H2,1H3,(H,30,31). The van der Waals surface area contributed by atoms with Gasteiger partial charge in [0.25, 0.3) is 0 Å². The molecular weight excluding hydrogens is 521 g/mol. The summed E-state index contributed by atoms with van der Waals surface area (Å²) in [5.74, 6) is 5.69. The first-order chi connectivity index (χ1) is 17.3. The minimum atomic E-state index is -4.20. The van der Waals surface area contributed by atoms with Crippen molar-refractivity contribution in [1.82, 2.24) is 0 Å². The summed E-state index contributed by atoms with van der Waals surface area (Å²) in [4.78, 5) is 10.9. The number of hydrogen-bond acceptors (Lipinski definition) is 7. The molecule has 0 saturated carbocycles. The van der Waals surface area contributed by atoms with Gasteiger partial charge in [-0.15, -0.1) is 0 Å². The highest BCUT2D eigenvalue weighted by Gasteiger charge is 2.22. The molecule has 0 radical (unpaired) electrons. The number of phosphoric ester groups is 1. The van der Waals surface area contributed by atoms with Crippen LogP contribution in [0.5, 0.6) is 11.5 Å². The van der Waals surface area contributed by atoms with Gasteiger partial charge in [-0.05, 0) is 66.6 Å². The van der Waals surface area contributed by atoms with Crippen LogP contribution in [-0.2, 0) is 26.7 Å². The van der Waals surface area contributed by atoms with E-state index in [-0.39, 0.29) is 18.3 Å². The topological polar surface area (TPSA) is 111 Å². The Morgan fingerprint density at radius 1 is 1.08 bits per heavy atom. The lowest BCUT2D eigenvalue weighted by Crippen LogP contribution is -2.12. The van der Waals surface area contributed by atoms with E-state index in [9.17, 15) is 14.6 Å². The molecule has 0 spiro atoms. The fourth-order valence-corrected chi connectivity index (χ4v) is 5.35. The zero-order valence-corrected chi connectivity index (χ0v) is 22.5. The molecule has 0 amide bonds. The molecule has 2 unspecified atom stereocenters. The normalized spacial score (nSPS) is 13.8. The smallest absolute Gasteiger partial charge is 0.488 e. The van der Waals surface area contributed by atoms with Crippen molar-refractivity contribution in [1.29, 1.82) is 0 Å². The highest BCUT2D eigenvalue weighted by molar-refractivity contribution is 7.99. The summed E-state index contributed by atoms with van der Waals surface area (Å²) in [7, 11) is -4.20. The number of halogens is 1. The van der Waals surface area contributed by atoms with Crippen molar-refractivity contribution in [2.45, 2.75) is 49.0 Å². The van der Waals surface area contributed by atoms with Crippen molar-refractivity contribution in [3.8, 4) is 11.5 Å². The fourth-order valence-electron chi connectivity index (χ4n) is 3.64. The van der Waals surface area contributed by atoms with E-state index in [0.717, 1.165) is 35.3 Å². The van der Waals surface area contributed by atoms with Crippen LogP contribution in [0.3, 0.4) is 0 Å². The van der Waals surface area contributed by atoms with Gasteiger partial charge < -0.3 is 14.7 Å². The summed E-state index contributed by atoms with van der Waals surface area (Å²) in [6, 6.07) is 20.8. The van der Waals surface area contributed by atoms with Gasteiger partial charge in [-0.3, -0.25) is 4.52 Å². The lowest BCUT2D eigenvalue weighted by molar-refractivity contribution is 0.127. The number of benzene rings is 3. The Balaban J connectivity index is 1.60. The Labute approximate surface area is 221 Å². The Hall–Kier alpha value is -2.03. The number of phenolic OH excluding ortho intramolecular Hbond substituents is 1. The third kappa shape index (κ3) is 9.12. The van der Waals surface area contributed by atoms with Gasteiger partial charge in [-0.1, -0.05) is 73.1 Å². The summed E-state index contributed by atoms with van der Waals surface area (Å²) in [5.41, 5.74) is 2.03. The van der Waals surface area contributed by atoms with E-state index >= 15 is 0 Å². The van der Waals surface area contributed by atoms with Gasteiger partial charge >= 0.3 is 7.82 Å². The molecule has 0 aliphatic rings. The minimum absolute atomic E-state index is 0.0614. The maximum atomic E-state index is 11.5.